The summed E-state index contributed by atoms with van der Waals surface area (Å²) >= 11 is 0. The predicted octanol–water partition coefficient (Wildman–Crippen LogP) is 2.27. The number of hydrogen-bond acceptors (Lipinski definition) is 2. The number of carbonyl (C=O) groups excluding carboxylic acids is 1. The van der Waals surface area contributed by atoms with Gasteiger partial charge in [0, 0.05) is 12.0 Å². The molecule has 0 unspecified atom stereocenters. The van der Waals surface area contributed by atoms with Crippen LogP contribution in [0.3, 0.4) is 0 Å². The zero-order valence-corrected chi connectivity index (χ0v) is 10.7. The minimum absolute atomic E-state index is 0.0118. The highest BCUT2D eigenvalue weighted by Gasteiger charge is 2.20. The maximum Gasteiger partial charge on any atom is 0.225 e. The fraction of sp³-hybridized carbons (Fsp3) is 0.500. The molecule has 0 heterocycles. The lowest BCUT2D eigenvalue weighted by atomic mass is 9.95. The third kappa shape index (κ3) is 4.57. The Bertz CT molecular complexity index is 354. The summed E-state index contributed by atoms with van der Waals surface area (Å²) in [6, 6.07) is 9.47. The zero-order chi connectivity index (χ0) is 12.9. The first-order chi connectivity index (χ1) is 7.91. The van der Waals surface area contributed by atoms with Gasteiger partial charge < -0.3 is 10.4 Å². The van der Waals surface area contributed by atoms with Crippen LogP contribution in [0.15, 0.2) is 30.3 Å². The van der Waals surface area contributed by atoms with Gasteiger partial charge >= 0.3 is 0 Å². The van der Waals surface area contributed by atoms with Gasteiger partial charge in [-0.2, -0.15) is 0 Å². The molecule has 3 heteroatoms. The lowest BCUT2D eigenvalue weighted by Crippen LogP contribution is -2.35. The molecule has 0 bridgehead atoms. The summed E-state index contributed by atoms with van der Waals surface area (Å²) in [5, 5.41) is 12.7. The maximum absolute atomic E-state index is 11.6. The molecule has 94 valence electrons. The Balaban J connectivity index is 2.35. The molecule has 1 atom stereocenters. The SMILES string of the molecule is CC(C)(C)C(=O)NCC[C@H](O)c1ccccc1. The lowest BCUT2D eigenvalue weighted by molar-refractivity contribution is -0.128. The molecule has 17 heavy (non-hydrogen) atoms. The summed E-state index contributed by atoms with van der Waals surface area (Å²) < 4.78 is 0. The first-order valence-electron chi connectivity index (χ1n) is 5.92. The number of carbonyl (C=O) groups is 1. The largest absolute Gasteiger partial charge is 0.388 e. The molecular weight excluding hydrogens is 214 g/mol. The van der Waals surface area contributed by atoms with Crippen molar-refractivity contribution in [1.82, 2.24) is 5.32 Å². The van der Waals surface area contributed by atoms with Crippen molar-refractivity contribution in [2.24, 2.45) is 5.41 Å². The fourth-order valence-corrected chi connectivity index (χ4v) is 1.43. The van der Waals surface area contributed by atoms with E-state index in [1.54, 1.807) is 0 Å². The number of rotatable bonds is 4. The van der Waals surface area contributed by atoms with Gasteiger partial charge in [-0.05, 0) is 12.0 Å². The number of benzene rings is 1. The van der Waals surface area contributed by atoms with Crippen LogP contribution in [0.5, 0.6) is 0 Å². The Morgan fingerprint density at radius 3 is 2.41 bits per heavy atom. The van der Waals surface area contributed by atoms with E-state index in [-0.39, 0.29) is 11.3 Å². The molecule has 0 spiro atoms. The van der Waals surface area contributed by atoms with Crippen LogP contribution in [0.2, 0.25) is 0 Å². The van der Waals surface area contributed by atoms with E-state index in [2.05, 4.69) is 5.32 Å². The molecule has 0 aliphatic rings. The summed E-state index contributed by atoms with van der Waals surface area (Å²) in [6.07, 6.45) is 0.0164. The van der Waals surface area contributed by atoms with E-state index in [0.29, 0.717) is 13.0 Å². The van der Waals surface area contributed by atoms with E-state index in [0.717, 1.165) is 5.56 Å². The normalized spacial score (nSPS) is 13.2. The van der Waals surface area contributed by atoms with Crippen LogP contribution in [0, 0.1) is 5.41 Å². The van der Waals surface area contributed by atoms with E-state index in [9.17, 15) is 9.90 Å². The second-order valence-corrected chi connectivity index (χ2v) is 5.22. The van der Waals surface area contributed by atoms with Crippen LogP contribution < -0.4 is 5.32 Å². The van der Waals surface area contributed by atoms with Gasteiger partial charge in [0.2, 0.25) is 5.91 Å². The van der Waals surface area contributed by atoms with Crippen LogP contribution in [-0.4, -0.2) is 17.6 Å². The van der Waals surface area contributed by atoms with Gasteiger partial charge in [-0.15, -0.1) is 0 Å². The maximum atomic E-state index is 11.6. The first kappa shape index (κ1) is 13.7. The van der Waals surface area contributed by atoms with Crippen molar-refractivity contribution < 1.29 is 9.90 Å². The third-order valence-electron chi connectivity index (χ3n) is 2.57. The standard InChI is InChI=1S/C14H21NO2/c1-14(2,3)13(17)15-10-9-12(16)11-7-5-4-6-8-11/h4-8,12,16H,9-10H2,1-3H3,(H,15,17)/t12-/m0/s1. The molecule has 0 radical (unpaired) electrons. The van der Waals surface area contributed by atoms with Crippen LogP contribution in [-0.2, 0) is 4.79 Å². The van der Waals surface area contributed by atoms with Gasteiger partial charge in [0.15, 0.2) is 0 Å². The first-order valence-corrected chi connectivity index (χ1v) is 5.92. The minimum atomic E-state index is -0.517. The van der Waals surface area contributed by atoms with E-state index in [1.807, 2.05) is 51.1 Å². The van der Waals surface area contributed by atoms with Gasteiger partial charge in [0.1, 0.15) is 0 Å². The summed E-state index contributed by atoms with van der Waals surface area (Å²) in [5.74, 6) is 0.0118. The van der Waals surface area contributed by atoms with Crippen molar-refractivity contribution in [2.75, 3.05) is 6.54 Å². The summed E-state index contributed by atoms with van der Waals surface area (Å²) in [5.41, 5.74) is 0.509. The Hall–Kier alpha value is -1.35. The molecule has 1 aromatic carbocycles. The van der Waals surface area contributed by atoms with Gasteiger partial charge in [-0.1, -0.05) is 51.1 Å². The van der Waals surface area contributed by atoms with Crippen molar-refractivity contribution in [3.05, 3.63) is 35.9 Å². The van der Waals surface area contributed by atoms with Crippen LogP contribution in [0.4, 0.5) is 0 Å². The van der Waals surface area contributed by atoms with Crippen molar-refractivity contribution in [1.29, 1.82) is 0 Å². The average Bonchev–Trinajstić information content (AvgIpc) is 2.28. The number of aliphatic hydroxyl groups excluding tert-OH is 1. The van der Waals surface area contributed by atoms with Crippen molar-refractivity contribution in [3.63, 3.8) is 0 Å². The second kappa shape index (κ2) is 5.82. The highest BCUT2D eigenvalue weighted by atomic mass is 16.3. The number of hydrogen-bond donors (Lipinski definition) is 2. The quantitative estimate of drug-likeness (QED) is 0.841. The topological polar surface area (TPSA) is 49.3 Å². The van der Waals surface area contributed by atoms with Gasteiger partial charge in [-0.25, -0.2) is 0 Å². The smallest absolute Gasteiger partial charge is 0.225 e. The second-order valence-electron chi connectivity index (χ2n) is 5.22. The monoisotopic (exact) mass is 235 g/mol. The molecule has 3 nitrogen and oxygen atoms in total. The molecule has 0 saturated heterocycles. The molecular formula is C14H21NO2. The lowest BCUT2D eigenvalue weighted by Gasteiger charge is -2.18. The highest BCUT2D eigenvalue weighted by molar-refractivity contribution is 5.81. The van der Waals surface area contributed by atoms with Gasteiger partial charge in [0.05, 0.1) is 6.10 Å². The predicted molar refractivity (Wildman–Crippen MR) is 68.5 cm³/mol. The van der Waals surface area contributed by atoms with Crippen LogP contribution in [0.1, 0.15) is 38.9 Å². The molecule has 1 amide bonds. The van der Waals surface area contributed by atoms with E-state index in [4.69, 9.17) is 0 Å². The Labute approximate surface area is 103 Å². The molecule has 0 saturated carbocycles. The molecule has 0 aliphatic heterocycles. The highest BCUT2D eigenvalue weighted by Crippen LogP contribution is 2.16. The van der Waals surface area contributed by atoms with Crippen molar-refractivity contribution >= 4 is 5.91 Å². The Kier molecular flexibility index (Phi) is 4.70. The zero-order valence-electron chi connectivity index (χ0n) is 10.7. The van der Waals surface area contributed by atoms with Gasteiger partial charge in [0.25, 0.3) is 0 Å². The number of nitrogens with one attached hydrogen (secondary N) is 1. The van der Waals surface area contributed by atoms with E-state index < -0.39 is 6.10 Å². The summed E-state index contributed by atoms with van der Waals surface area (Å²) in [4.78, 5) is 11.6. The number of amides is 1. The van der Waals surface area contributed by atoms with Crippen LogP contribution >= 0.6 is 0 Å². The number of aliphatic hydroxyl groups is 1. The minimum Gasteiger partial charge on any atom is -0.388 e. The van der Waals surface area contributed by atoms with E-state index >= 15 is 0 Å². The fourth-order valence-electron chi connectivity index (χ4n) is 1.43. The van der Waals surface area contributed by atoms with E-state index in [1.165, 1.54) is 0 Å². The average molecular weight is 235 g/mol. The van der Waals surface area contributed by atoms with Gasteiger partial charge in [-0.3, -0.25) is 4.79 Å². The Morgan fingerprint density at radius 1 is 1.29 bits per heavy atom. The van der Waals surface area contributed by atoms with Crippen molar-refractivity contribution in [3.8, 4) is 0 Å². The molecule has 2 N–H and O–H groups in total. The van der Waals surface area contributed by atoms with Crippen LogP contribution in [0.25, 0.3) is 0 Å². The molecule has 1 rings (SSSR count). The molecule has 0 aliphatic carbocycles. The molecule has 1 aromatic rings. The third-order valence-corrected chi connectivity index (χ3v) is 2.57. The van der Waals surface area contributed by atoms with Crippen molar-refractivity contribution in [2.45, 2.75) is 33.3 Å². The molecule has 0 fully saturated rings. The summed E-state index contributed by atoms with van der Waals surface area (Å²) in [7, 11) is 0. The summed E-state index contributed by atoms with van der Waals surface area (Å²) in [6.45, 7) is 6.11. The Morgan fingerprint density at radius 2 is 1.88 bits per heavy atom. The molecule has 0 aromatic heterocycles.